The number of benzene rings is 1. The van der Waals surface area contributed by atoms with Gasteiger partial charge in [-0.2, -0.15) is 4.98 Å². The molecule has 1 aromatic heterocycles. The number of sulfone groups is 1. The maximum Gasteiger partial charge on any atom is 0.227 e. The van der Waals surface area contributed by atoms with Gasteiger partial charge in [-0.15, -0.1) is 0 Å². The van der Waals surface area contributed by atoms with Crippen LogP contribution in [0.4, 0.5) is 0 Å². The van der Waals surface area contributed by atoms with Crippen molar-refractivity contribution in [3.8, 4) is 11.4 Å². The van der Waals surface area contributed by atoms with E-state index in [2.05, 4.69) is 15.5 Å². The van der Waals surface area contributed by atoms with Crippen molar-refractivity contribution in [2.75, 3.05) is 11.5 Å². The van der Waals surface area contributed by atoms with E-state index in [9.17, 15) is 13.2 Å². The molecule has 134 valence electrons. The van der Waals surface area contributed by atoms with Gasteiger partial charge in [0.25, 0.3) is 0 Å². The summed E-state index contributed by atoms with van der Waals surface area (Å²) >= 11 is 5.84. The summed E-state index contributed by atoms with van der Waals surface area (Å²) in [4.78, 5) is 16.4. The van der Waals surface area contributed by atoms with Crippen LogP contribution in [0.1, 0.15) is 25.7 Å². The molecule has 0 spiro atoms. The monoisotopic (exact) mass is 383 g/mol. The first-order valence-corrected chi connectivity index (χ1v) is 10.0. The number of aromatic nitrogens is 2. The smallest absolute Gasteiger partial charge is 0.227 e. The Morgan fingerprint density at radius 2 is 2.08 bits per heavy atom. The molecule has 1 N–H and O–H groups in total. The summed E-state index contributed by atoms with van der Waals surface area (Å²) in [6, 6.07) is 7.03. The average Bonchev–Trinajstić information content (AvgIpc) is 3.10. The fourth-order valence-corrected chi connectivity index (χ4v) is 5.02. The van der Waals surface area contributed by atoms with Gasteiger partial charge >= 0.3 is 0 Å². The van der Waals surface area contributed by atoms with Crippen LogP contribution in [0.25, 0.3) is 11.4 Å². The van der Waals surface area contributed by atoms with E-state index in [1.165, 1.54) is 0 Å². The van der Waals surface area contributed by atoms with Gasteiger partial charge in [0.2, 0.25) is 17.6 Å². The molecule has 1 amide bonds. The fourth-order valence-electron chi connectivity index (χ4n) is 2.80. The fraction of sp³-hybridized carbons (Fsp3) is 0.438. The lowest BCUT2D eigenvalue weighted by Gasteiger charge is -2.23. The van der Waals surface area contributed by atoms with Crippen molar-refractivity contribution in [3.05, 3.63) is 35.2 Å². The molecule has 1 aliphatic rings. The Bertz CT molecular complexity index is 879. The lowest BCUT2D eigenvalue weighted by atomic mass is 10.0. The maximum atomic E-state index is 12.1. The molecule has 0 bridgehead atoms. The zero-order valence-corrected chi connectivity index (χ0v) is 15.2. The van der Waals surface area contributed by atoms with Crippen LogP contribution in [0.5, 0.6) is 0 Å². The van der Waals surface area contributed by atoms with Crippen LogP contribution in [-0.2, 0) is 21.1 Å². The Hall–Kier alpha value is -1.93. The summed E-state index contributed by atoms with van der Waals surface area (Å²) in [5.41, 5.74) is 0.0756. The van der Waals surface area contributed by atoms with Crippen LogP contribution < -0.4 is 5.32 Å². The highest BCUT2D eigenvalue weighted by Crippen LogP contribution is 2.23. The zero-order valence-electron chi connectivity index (χ0n) is 13.7. The maximum absolute atomic E-state index is 12.1. The van der Waals surface area contributed by atoms with Gasteiger partial charge in [0, 0.05) is 23.4 Å². The first kappa shape index (κ1) is 17.9. The second kappa shape index (κ2) is 6.76. The van der Waals surface area contributed by atoms with E-state index in [-0.39, 0.29) is 30.3 Å². The lowest BCUT2D eigenvalue weighted by Crippen LogP contribution is -2.47. The van der Waals surface area contributed by atoms with Gasteiger partial charge in [-0.1, -0.05) is 16.8 Å². The molecule has 1 atom stereocenters. The van der Waals surface area contributed by atoms with Crippen molar-refractivity contribution in [2.24, 2.45) is 0 Å². The van der Waals surface area contributed by atoms with E-state index in [0.717, 1.165) is 5.56 Å². The van der Waals surface area contributed by atoms with E-state index in [1.807, 2.05) is 0 Å². The van der Waals surface area contributed by atoms with E-state index in [4.69, 9.17) is 16.1 Å². The molecule has 0 saturated carbocycles. The molecule has 1 fully saturated rings. The summed E-state index contributed by atoms with van der Waals surface area (Å²) in [6.45, 7) is 1.75. The number of carbonyl (C=O) groups is 1. The first-order chi connectivity index (χ1) is 11.7. The van der Waals surface area contributed by atoms with Crippen LogP contribution in [-0.4, -0.2) is 41.5 Å². The Labute approximate surface area is 150 Å². The third kappa shape index (κ3) is 4.58. The van der Waals surface area contributed by atoms with Gasteiger partial charge in [0.05, 0.1) is 17.0 Å². The minimum Gasteiger partial charge on any atom is -0.350 e. The van der Waals surface area contributed by atoms with Gasteiger partial charge in [0.15, 0.2) is 9.84 Å². The Morgan fingerprint density at radius 3 is 2.72 bits per heavy atom. The van der Waals surface area contributed by atoms with Crippen LogP contribution in [0.2, 0.25) is 5.02 Å². The van der Waals surface area contributed by atoms with Crippen molar-refractivity contribution in [1.29, 1.82) is 0 Å². The van der Waals surface area contributed by atoms with E-state index in [0.29, 0.717) is 23.2 Å². The van der Waals surface area contributed by atoms with Crippen LogP contribution in [0.15, 0.2) is 28.8 Å². The van der Waals surface area contributed by atoms with E-state index in [1.54, 1.807) is 31.2 Å². The van der Waals surface area contributed by atoms with Crippen LogP contribution in [0, 0.1) is 0 Å². The molecular weight excluding hydrogens is 366 g/mol. The van der Waals surface area contributed by atoms with Crippen molar-refractivity contribution in [1.82, 2.24) is 15.5 Å². The highest BCUT2D eigenvalue weighted by Gasteiger charge is 2.39. The molecule has 25 heavy (non-hydrogen) atoms. The molecule has 9 heteroatoms. The zero-order chi connectivity index (χ0) is 18.1. The van der Waals surface area contributed by atoms with Gasteiger partial charge in [-0.05, 0) is 37.6 Å². The third-order valence-corrected chi connectivity index (χ3v) is 6.24. The molecule has 0 aliphatic carbocycles. The minimum absolute atomic E-state index is 0.0208. The number of aryl methyl sites for hydroxylation is 1. The Morgan fingerprint density at radius 1 is 1.36 bits per heavy atom. The molecule has 3 rings (SSSR count). The highest BCUT2D eigenvalue weighted by molar-refractivity contribution is 7.91. The van der Waals surface area contributed by atoms with Gasteiger partial charge in [0.1, 0.15) is 0 Å². The Kier molecular flexibility index (Phi) is 4.83. The topological polar surface area (TPSA) is 102 Å². The van der Waals surface area contributed by atoms with Crippen molar-refractivity contribution < 1.29 is 17.7 Å². The molecule has 1 aromatic carbocycles. The van der Waals surface area contributed by atoms with E-state index < -0.39 is 15.4 Å². The number of nitrogens with one attached hydrogen (secondary N) is 1. The molecule has 0 radical (unpaired) electrons. The van der Waals surface area contributed by atoms with E-state index >= 15 is 0 Å². The molecule has 2 aromatic rings. The quantitative estimate of drug-likeness (QED) is 0.847. The standard InChI is InChI=1S/C16H18ClN3O4S/c1-16(8-9-25(22,23)10-16)19-13(21)6-7-14-18-15(20-24-14)11-2-4-12(17)5-3-11/h2-5H,6-10H2,1H3,(H,19,21). The first-order valence-electron chi connectivity index (χ1n) is 7.85. The largest absolute Gasteiger partial charge is 0.350 e. The summed E-state index contributed by atoms with van der Waals surface area (Å²) in [7, 11) is -3.06. The molecule has 1 unspecified atom stereocenters. The number of halogens is 1. The molecule has 1 aliphatic heterocycles. The number of hydrogen-bond donors (Lipinski definition) is 1. The molecule has 7 nitrogen and oxygen atoms in total. The van der Waals surface area contributed by atoms with Gasteiger partial charge < -0.3 is 9.84 Å². The van der Waals surface area contributed by atoms with Crippen LogP contribution >= 0.6 is 11.6 Å². The average molecular weight is 384 g/mol. The molecule has 1 saturated heterocycles. The summed E-state index contributed by atoms with van der Waals surface area (Å²) < 4.78 is 28.3. The molecule has 2 heterocycles. The third-order valence-electron chi connectivity index (χ3n) is 4.08. The number of carbonyl (C=O) groups excluding carboxylic acids is 1. The number of amides is 1. The minimum atomic E-state index is -3.06. The number of rotatable bonds is 5. The second-order valence-corrected chi connectivity index (χ2v) is 9.09. The number of nitrogens with zero attached hydrogens (tertiary/aromatic N) is 2. The van der Waals surface area contributed by atoms with Gasteiger partial charge in [-0.25, -0.2) is 8.42 Å². The van der Waals surface area contributed by atoms with Crippen molar-refractivity contribution >= 4 is 27.3 Å². The SMILES string of the molecule is CC1(NC(=O)CCc2nc(-c3ccc(Cl)cc3)no2)CCS(=O)(=O)C1. The van der Waals surface area contributed by atoms with Gasteiger partial charge in [-0.3, -0.25) is 4.79 Å². The summed E-state index contributed by atoms with van der Waals surface area (Å²) in [5, 5.41) is 7.31. The predicted molar refractivity (Wildman–Crippen MR) is 92.9 cm³/mol. The van der Waals surface area contributed by atoms with Crippen LogP contribution in [0.3, 0.4) is 0 Å². The van der Waals surface area contributed by atoms with Crippen molar-refractivity contribution in [2.45, 2.75) is 31.7 Å². The predicted octanol–water partition coefficient (Wildman–Crippen LogP) is 2.02. The Balaban J connectivity index is 1.55. The lowest BCUT2D eigenvalue weighted by molar-refractivity contribution is -0.122. The summed E-state index contributed by atoms with van der Waals surface area (Å²) in [6.07, 6.45) is 0.871. The number of hydrogen-bond acceptors (Lipinski definition) is 6. The second-order valence-electron chi connectivity index (χ2n) is 6.47. The summed E-state index contributed by atoms with van der Waals surface area (Å²) in [5.74, 6) is 0.640. The van der Waals surface area contributed by atoms with Crippen molar-refractivity contribution in [3.63, 3.8) is 0 Å². The molecular formula is C16H18ClN3O4S. The normalized spacial score (nSPS) is 22.0. The highest BCUT2D eigenvalue weighted by atomic mass is 35.5.